The van der Waals surface area contributed by atoms with Crippen molar-refractivity contribution in [1.29, 1.82) is 0 Å². The summed E-state index contributed by atoms with van der Waals surface area (Å²) in [5.41, 5.74) is -1.28. The van der Waals surface area contributed by atoms with Gasteiger partial charge in [-0.05, 0) is 30.7 Å². The molecular formula is C21H18ClF2N5O5. The van der Waals surface area contributed by atoms with Crippen molar-refractivity contribution >= 4 is 29.4 Å². The Balaban J connectivity index is 1.75. The minimum Gasteiger partial charge on any atom is -0.465 e. The Kier molecular flexibility index (Phi) is 6.19. The number of hydrogen-bond acceptors (Lipinski definition) is 7. The molecule has 0 bridgehead atoms. The first kappa shape index (κ1) is 23.5. The Morgan fingerprint density at radius 2 is 2.00 bits per heavy atom. The minimum absolute atomic E-state index is 0.00429. The Bertz CT molecular complexity index is 1280. The van der Waals surface area contributed by atoms with Gasteiger partial charge in [0.25, 0.3) is 5.91 Å². The molecule has 1 saturated heterocycles. The van der Waals surface area contributed by atoms with E-state index in [2.05, 4.69) is 20.4 Å². The fourth-order valence-corrected chi connectivity index (χ4v) is 3.82. The highest BCUT2D eigenvalue weighted by molar-refractivity contribution is 6.31. The van der Waals surface area contributed by atoms with E-state index in [4.69, 9.17) is 26.0 Å². The number of ether oxygens (including phenoxy) is 1. The SMILES string of the molecule is CCN(C(=O)C1(NC(=O)O)COC1)c1ncc(-c2cc(Cl)cc(F)c2-c2noc(C)n2)cc1F. The molecule has 178 valence electrons. The molecule has 3 heterocycles. The van der Waals surface area contributed by atoms with Gasteiger partial charge in [-0.15, -0.1) is 0 Å². The van der Waals surface area contributed by atoms with Crippen LogP contribution in [0.2, 0.25) is 5.02 Å². The fraction of sp³-hybridized carbons (Fsp3) is 0.286. The van der Waals surface area contributed by atoms with E-state index in [0.29, 0.717) is 0 Å². The zero-order valence-corrected chi connectivity index (χ0v) is 18.7. The number of aryl methyl sites for hydroxylation is 1. The molecule has 0 saturated carbocycles. The summed E-state index contributed by atoms with van der Waals surface area (Å²) in [6.45, 7) is 2.75. The van der Waals surface area contributed by atoms with Gasteiger partial charge in [0.1, 0.15) is 5.82 Å². The lowest BCUT2D eigenvalue weighted by molar-refractivity contribution is -0.144. The third kappa shape index (κ3) is 4.17. The highest BCUT2D eigenvalue weighted by Crippen LogP contribution is 2.36. The monoisotopic (exact) mass is 493 g/mol. The molecule has 34 heavy (non-hydrogen) atoms. The highest BCUT2D eigenvalue weighted by Gasteiger charge is 2.50. The largest absolute Gasteiger partial charge is 0.465 e. The molecule has 0 spiro atoms. The van der Waals surface area contributed by atoms with Crippen molar-refractivity contribution in [3.63, 3.8) is 0 Å². The number of carboxylic acid groups (broad SMARTS) is 1. The van der Waals surface area contributed by atoms with Crippen LogP contribution in [0.15, 0.2) is 28.9 Å². The predicted molar refractivity (Wildman–Crippen MR) is 115 cm³/mol. The first-order valence-corrected chi connectivity index (χ1v) is 10.4. The Labute approximate surface area is 196 Å². The van der Waals surface area contributed by atoms with Crippen LogP contribution in [0.3, 0.4) is 0 Å². The van der Waals surface area contributed by atoms with E-state index < -0.39 is 29.2 Å². The van der Waals surface area contributed by atoms with Crippen LogP contribution >= 0.6 is 11.6 Å². The lowest BCUT2D eigenvalue weighted by atomic mass is 9.95. The maximum atomic E-state index is 15.2. The lowest BCUT2D eigenvalue weighted by Crippen LogP contribution is -2.70. The number of aromatic nitrogens is 3. The number of nitrogens with one attached hydrogen (secondary N) is 1. The second-order valence-corrected chi connectivity index (χ2v) is 7.97. The van der Waals surface area contributed by atoms with Crippen LogP contribution in [0.1, 0.15) is 12.8 Å². The number of likely N-dealkylation sites (N-methyl/N-ethyl adjacent to an activating group) is 1. The molecule has 0 aliphatic carbocycles. The highest BCUT2D eigenvalue weighted by atomic mass is 35.5. The van der Waals surface area contributed by atoms with Gasteiger partial charge in [0.2, 0.25) is 11.7 Å². The summed E-state index contributed by atoms with van der Waals surface area (Å²) in [6.07, 6.45) is -0.173. The number of pyridine rings is 1. The van der Waals surface area contributed by atoms with Crippen molar-refractivity contribution in [3.05, 3.63) is 46.9 Å². The number of amides is 2. The average molecular weight is 494 g/mol. The van der Waals surface area contributed by atoms with Crippen molar-refractivity contribution in [2.24, 2.45) is 0 Å². The quantitative estimate of drug-likeness (QED) is 0.534. The third-order valence-corrected chi connectivity index (χ3v) is 5.43. The zero-order chi connectivity index (χ0) is 24.6. The molecule has 1 aliphatic rings. The van der Waals surface area contributed by atoms with Gasteiger partial charge >= 0.3 is 6.09 Å². The van der Waals surface area contributed by atoms with E-state index >= 15 is 4.39 Å². The van der Waals surface area contributed by atoms with Gasteiger partial charge in [-0.25, -0.2) is 18.6 Å². The van der Waals surface area contributed by atoms with Crippen molar-refractivity contribution in [3.8, 4) is 22.5 Å². The summed E-state index contributed by atoms with van der Waals surface area (Å²) in [6, 6.07) is 3.54. The van der Waals surface area contributed by atoms with Crippen molar-refractivity contribution in [1.82, 2.24) is 20.4 Å². The number of carbonyl (C=O) groups excluding carboxylic acids is 1. The number of carbonyl (C=O) groups is 2. The summed E-state index contributed by atoms with van der Waals surface area (Å²) < 4.78 is 40.0. The summed E-state index contributed by atoms with van der Waals surface area (Å²) in [5.74, 6) is -2.52. The second-order valence-electron chi connectivity index (χ2n) is 7.53. The topological polar surface area (TPSA) is 131 Å². The van der Waals surface area contributed by atoms with E-state index in [9.17, 15) is 14.0 Å². The molecule has 1 aliphatic heterocycles. The van der Waals surface area contributed by atoms with Gasteiger partial charge in [0, 0.05) is 30.3 Å². The van der Waals surface area contributed by atoms with Crippen LogP contribution < -0.4 is 10.2 Å². The summed E-state index contributed by atoms with van der Waals surface area (Å²) in [7, 11) is 0. The molecule has 1 aromatic carbocycles. The molecule has 1 fully saturated rings. The van der Waals surface area contributed by atoms with Crippen LogP contribution in [0, 0.1) is 18.6 Å². The van der Waals surface area contributed by atoms with Crippen LogP contribution in [0.5, 0.6) is 0 Å². The van der Waals surface area contributed by atoms with Gasteiger partial charge in [-0.2, -0.15) is 4.98 Å². The molecule has 2 N–H and O–H groups in total. The molecule has 0 unspecified atom stereocenters. The molecule has 13 heteroatoms. The maximum Gasteiger partial charge on any atom is 0.405 e. The average Bonchev–Trinajstić information content (AvgIpc) is 3.17. The van der Waals surface area contributed by atoms with Crippen molar-refractivity contribution < 1.29 is 32.7 Å². The zero-order valence-electron chi connectivity index (χ0n) is 17.9. The molecular weight excluding hydrogens is 476 g/mol. The van der Waals surface area contributed by atoms with Crippen LogP contribution in [0.4, 0.5) is 19.4 Å². The molecule has 2 amide bonds. The third-order valence-electron chi connectivity index (χ3n) is 5.21. The van der Waals surface area contributed by atoms with E-state index in [1.54, 1.807) is 6.92 Å². The van der Waals surface area contributed by atoms with Gasteiger partial charge in [-0.1, -0.05) is 16.8 Å². The van der Waals surface area contributed by atoms with Crippen molar-refractivity contribution in [2.75, 3.05) is 24.7 Å². The summed E-state index contributed by atoms with van der Waals surface area (Å²) in [4.78, 5) is 33.3. The predicted octanol–water partition coefficient (Wildman–Crippen LogP) is 3.43. The van der Waals surface area contributed by atoms with Crippen LogP contribution in [-0.2, 0) is 9.53 Å². The molecule has 4 rings (SSSR count). The standard InChI is InChI=1S/C21H18ClF2N5O5/c1-3-29(19(30)21(8-33-9-21)27-20(31)32)18-15(24)4-11(7-25-18)13-5-12(22)6-14(23)16(13)17-26-10(2)34-28-17/h4-7,27H,3,8-9H2,1-2H3,(H,31,32). The Hall–Kier alpha value is -3.64. The molecule has 10 nitrogen and oxygen atoms in total. The minimum atomic E-state index is -1.53. The number of rotatable bonds is 6. The van der Waals surface area contributed by atoms with Crippen LogP contribution in [-0.4, -0.2) is 57.5 Å². The Morgan fingerprint density at radius 1 is 1.26 bits per heavy atom. The molecule has 3 aromatic rings. The Morgan fingerprint density at radius 3 is 2.53 bits per heavy atom. The van der Waals surface area contributed by atoms with E-state index in [1.165, 1.54) is 19.2 Å². The van der Waals surface area contributed by atoms with Gasteiger partial charge < -0.3 is 19.7 Å². The smallest absolute Gasteiger partial charge is 0.405 e. The number of hydrogen-bond donors (Lipinski definition) is 2. The first-order chi connectivity index (χ1) is 16.1. The second kappa shape index (κ2) is 8.95. The fourth-order valence-electron chi connectivity index (χ4n) is 3.61. The molecule has 2 aromatic heterocycles. The molecule has 0 atom stereocenters. The number of halogens is 3. The molecule has 0 radical (unpaired) electrons. The van der Waals surface area contributed by atoms with Gasteiger partial charge in [-0.3, -0.25) is 9.69 Å². The van der Waals surface area contributed by atoms with Crippen molar-refractivity contribution in [2.45, 2.75) is 19.4 Å². The number of nitrogens with zero attached hydrogens (tertiary/aromatic N) is 4. The van der Waals surface area contributed by atoms with E-state index in [0.717, 1.165) is 17.0 Å². The van der Waals surface area contributed by atoms with Crippen LogP contribution in [0.25, 0.3) is 22.5 Å². The maximum absolute atomic E-state index is 15.2. The summed E-state index contributed by atoms with van der Waals surface area (Å²) in [5, 5.41) is 15.0. The normalized spacial score (nSPS) is 14.4. The first-order valence-electron chi connectivity index (χ1n) is 10.0. The number of benzene rings is 1. The van der Waals surface area contributed by atoms with E-state index in [-0.39, 0.29) is 59.0 Å². The van der Waals surface area contributed by atoms with Gasteiger partial charge in [0.05, 0.1) is 18.8 Å². The number of anilines is 1. The van der Waals surface area contributed by atoms with Gasteiger partial charge in [0.15, 0.2) is 17.2 Å². The summed E-state index contributed by atoms with van der Waals surface area (Å²) >= 11 is 6.03. The van der Waals surface area contributed by atoms with E-state index in [1.807, 2.05) is 0 Å². The lowest BCUT2D eigenvalue weighted by Gasteiger charge is -2.42.